The molecule has 1 unspecified atom stereocenters. The topological polar surface area (TPSA) is 94.1 Å². The molecule has 10 heteroatoms. The number of carbonyl (C=O) groups is 1. The van der Waals surface area contributed by atoms with Gasteiger partial charge in [-0.25, -0.2) is 12.7 Å². The van der Waals surface area contributed by atoms with Crippen molar-refractivity contribution in [2.75, 3.05) is 45.0 Å². The van der Waals surface area contributed by atoms with Crippen LogP contribution in [0.3, 0.4) is 0 Å². The summed E-state index contributed by atoms with van der Waals surface area (Å²) in [5, 5.41) is 6.53. The highest BCUT2D eigenvalue weighted by molar-refractivity contribution is 14.0. The first-order valence-electron chi connectivity index (χ1n) is 8.76. The molecule has 0 aromatic heterocycles. The number of rotatable bonds is 6. The Kier molecular flexibility index (Phi) is 9.43. The van der Waals surface area contributed by atoms with Crippen LogP contribution in [0, 0.1) is 0 Å². The molecule has 0 aromatic carbocycles. The highest BCUT2D eigenvalue weighted by Crippen LogP contribution is 2.12. The van der Waals surface area contributed by atoms with Gasteiger partial charge in [0.1, 0.15) is 0 Å². The van der Waals surface area contributed by atoms with Crippen molar-refractivity contribution in [3.05, 3.63) is 0 Å². The molecule has 0 aromatic rings. The lowest BCUT2D eigenvalue weighted by Gasteiger charge is -2.19. The van der Waals surface area contributed by atoms with Crippen LogP contribution >= 0.6 is 24.0 Å². The van der Waals surface area contributed by atoms with Crippen molar-refractivity contribution >= 4 is 45.9 Å². The molecule has 2 aliphatic heterocycles. The number of halogens is 1. The van der Waals surface area contributed by atoms with E-state index in [1.54, 1.807) is 0 Å². The van der Waals surface area contributed by atoms with Crippen LogP contribution in [0.4, 0.5) is 0 Å². The van der Waals surface area contributed by atoms with E-state index in [2.05, 4.69) is 15.6 Å². The lowest BCUT2D eigenvalue weighted by molar-refractivity contribution is -0.129. The molecule has 0 saturated carbocycles. The van der Waals surface area contributed by atoms with Crippen molar-refractivity contribution in [1.29, 1.82) is 0 Å². The summed E-state index contributed by atoms with van der Waals surface area (Å²) >= 11 is 0. The second-order valence-electron chi connectivity index (χ2n) is 6.15. The number of hydrogen-bond acceptors (Lipinski definition) is 4. The van der Waals surface area contributed by atoms with Gasteiger partial charge < -0.3 is 15.5 Å². The van der Waals surface area contributed by atoms with Gasteiger partial charge in [0.2, 0.25) is 15.9 Å². The minimum Gasteiger partial charge on any atom is -0.357 e. The number of likely N-dealkylation sites (tertiary alicyclic amines) is 1. The number of amides is 1. The maximum atomic E-state index is 11.8. The first-order valence-corrected chi connectivity index (χ1v) is 10.4. The molecular weight excluding hydrogens is 457 g/mol. The van der Waals surface area contributed by atoms with Crippen molar-refractivity contribution in [1.82, 2.24) is 19.8 Å². The number of nitrogens with zero attached hydrogens (tertiary/aromatic N) is 3. The van der Waals surface area contributed by atoms with E-state index in [0.717, 1.165) is 19.5 Å². The lowest BCUT2D eigenvalue weighted by atomic mass is 10.3. The van der Waals surface area contributed by atoms with E-state index in [4.69, 9.17) is 0 Å². The number of nitrogens with one attached hydrogen (secondary N) is 2. The van der Waals surface area contributed by atoms with Gasteiger partial charge in [-0.2, -0.15) is 0 Å². The number of hydrogen-bond donors (Lipinski definition) is 2. The SMILES string of the molecule is CCNC(=NCCN1CCCS1(=O)=O)NC1CCN(C(=O)CC)C1.I. The van der Waals surface area contributed by atoms with E-state index in [0.29, 0.717) is 45.0 Å². The molecule has 2 N–H and O–H groups in total. The summed E-state index contributed by atoms with van der Waals surface area (Å²) in [5.74, 6) is 1.11. The Morgan fingerprint density at radius 3 is 2.64 bits per heavy atom. The summed E-state index contributed by atoms with van der Waals surface area (Å²) in [7, 11) is -3.06. The van der Waals surface area contributed by atoms with Gasteiger partial charge in [-0.1, -0.05) is 6.92 Å². The molecule has 25 heavy (non-hydrogen) atoms. The number of sulfonamides is 1. The molecule has 1 atom stereocenters. The lowest BCUT2D eigenvalue weighted by Crippen LogP contribution is -2.45. The van der Waals surface area contributed by atoms with Crippen molar-refractivity contribution in [3.8, 4) is 0 Å². The molecule has 8 nitrogen and oxygen atoms in total. The molecular formula is C15H30IN5O3S. The zero-order valence-corrected chi connectivity index (χ0v) is 18.2. The quantitative estimate of drug-likeness (QED) is 0.318. The highest BCUT2D eigenvalue weighted by atomic mass is 127. The molecule has 0 radical (unpaired) electrons. The fourth-order valence-electron chi connectivity index (χ4n) is 3.06. The third kappa shape index (κ3) is 6.55. The van der Waals surface area contributed by atoms with Crippen molar-refractivity contribution in [2.45, 2.75) is 39.2 Å². The molecule has 0 aliphatic carbocycles. The van der Waals surface area contributed by atoms with Gasteiger partial charge in [0.25, 0.3) is 0 Å². The third-order valence-electron chi connectivity index (χ3n) is 4.35. The Hall–Kier alpha value is -0.620. The first-order chi connectivity index (χ1) is 11.5. The van der Waals surface area contributed by atoms with Gasteiger partial charge in [-0.3, -0.25) is 9.79 Å². The monoisotopic (exact) mass is 487 g/mol. The summed E-state index contributed by atoms with van der Waals surface area (Å²) < 4.78 is 25.1. The van der Waals surface area contributed by atoms with E-state index in [-0.39, 0.29) is 41.7 Å². The van der Waals surface area contributed by atoms with Gasteiger partial charge in [0, 0.05) is 45.2 Å². The van der Waals surface area contributed by atoms with E-state index < -0.39 is 10.0 Å². The standard InChI is InChI=1S/C15H29N5O3S.HI/c1-3-14(21)19-9-6-13(12-19)18-15(16-4-2)17-7-10-20-8-5-11-24(20,22)23;/h13H,3-12H2,1-2H3,(H2,16,17,18);1H. The number of guanidine groups is 1. The van der Waals surface area contributed by atoms with Crippen LogP contribution in [0.15, 0.2) is 4.99 Å². The van der Waals surface area contributed by atoms with Gasteiger partial charge in [-0.05, 0) is 19.8 Å². The molecule has 2 heterocycles. The Morgan fingerprint density at radius 1 is 1.28 bits per heavy atom. The normalized spacial score (nSPS) is 23.4. The maximum absolute atomic E-state index is 11.8. The van der Waals surface area contributed by atoms with Crippen molar-refractivity contribution in [2.24, 2.45) is 4.99 Å². The zero-order chi connectivity index (χ0) is 17.6. The van der Waals surface area contributed by atoms with Crippen LogP contribution in [0.2, 0.25) is 0 Å². The fourth-order valence-corrected chi connectivity index (χ4v) is 4.58. The third-order valence-corrected chi connectivity index (χ3v) is 6.31. The average Bonchev–Trinajstić information content (AvgIpc) is 3.13. The van der Waals surface area contributed by atoms with E-state index in [9.17, 15) is 13.2 Å². The van der Waals surface area contributed by atoms with Crippen LogP contribution in [-0.4, -0.2) is 80.6 Å². The Morgan fingerprint density at radius 2 is 2.04 bits per heavy atom. The molecule has 0 spiro atoms. The van der Waals surface area contributed by atoms with Crippen molar-refractivity contribution in [3.63, 3.8) is 0 Å². The molecule has 0 bridgehead atoms. The largest absolute Gasteiger partial charge is 0.357 e. The molecule has 1 amide bonds. The Bertz CT molecular complexity index is 570. The number of aliphatic imine (C=N–C) groups is 1. The Balaban J connectivity index is 0.00000312. The van der Waals surface area contributed by atoms with Gasteiger partial charge in [-0.15, -0.1) is 24.0 Å². The Labute approximate surface area is 167 Å². The molecule has 2 fully saturated rings. The number of carbonyl (C=O) groups excluding carboxylic acids is 1. The van der Waals surface area contributed by atoms with Crippen LogP contribution in [0.5, 0.6) is 0 Å². The van der Waals surface area contributed by atoms with Crippen LogP contribution < -0.4 is 10.6 Å². The summed E-state index contributed by atoms with van der Waals surface area (Å²) in [6.07, 6.45) is 2.13. The van der Waals surface area contributed by atoms with Gasteiger partial charge in [0.15, 0.2) is 5.96 Å². The average molecular weight is 487 g/mol. The molecule has 2 saturated heterocycles. The van der Waals surface area contributed by atoms with Crippen LogP contribution in [-0.2, 0) is 14.8 Å². The van der Waals surface area contributed by atoms with Crippen LogP contribution in [0.25, 0.3) is 0 Å². The summed E-state index contributed by atoms with van der Waals surface area (Å²) in [4.78, 5) is 18.1. The van der Waals surface area contributed by atoms with Crippen LogP contribution in [0.1, 0.15) is 33.1 Å². The predicted molar refractivity (Wildman–Crippen MR) is 110 cm³/mol. The summed E-state index contributed by atoms with van der Waals surface area (Å²) in [5.41, 5.74) is 0. The maximum Gasteiger partial charge on any atom is 0.222 e. The van der Waals surface area contributed by atoms with E-state index >= 15 is 0 Å². The smallest absolute Gasteiger partial charge is 0.222 e. The predicted octanol–water partition coefficient (Wildman–Crippen LogP) is 0.206. The van der Waals surface area contributed by atoms with Gasteiger partial charge >= 0.3 is 0 Å². The first kappa shape index (κ1) is 22.4. The summed E-state index contributed by atoms with van der Waals surface area (Å²) in [6, 6.07) is 0.189. The highest BCUT2D eigenvalue weighted by Gasteiger charge is 2.28. The summed E-state index contributed by atoms with van der Waals surface area (Å²) in [6.45, 7) is 7.51. The molecule has 146 valence electrons. The van der Waals surface area contributed by atoms with E-state index in [1.807, 2.05) is 18.7 Å². The van der Waals surface area contributed by atoms with E-state index in [1.165, 1.54) is 4.31 Å². The molecule has 2 rings (SSSR count). The molecule has 2 aliphatic rings. The minimum absolute atomic E-state index is 0. The van der Waals surface area contributed by atoms with Gasteiger partial charge in [0.05, 0.1) is 12.3 Å². The fraction of sp³-hybridized carbons (Fsp3) is 0.867. The minimum atomic E-state index is -3.06. The zero-order valence-electron chi connectivity index (χ0n) is 15.0. The van der Waals surface area contributed by atoms with Crippen molar-refractivity contribution < 1.29 is 13.2 Å². The second-order valence-corrected chi connectivity index (χ2v) is 8.24. The second kappa shape index (κ2) is 10.5.